The molecule has 4 amide bonds. The summed E-state index contributed by atoms with van der Waals surface area (Å²) < 4.78 is 0. The van der Waals surface area contributed by atoms with Gasteiger partial charge in [-0.25, -0.2) is 0 Å². The van der Waals surface area contributed by atoms with Gasteiger partial charge < -0.3 is 40.9 Å². The maximum atomic E-state index is 12.2. The predicted molar refractivity (Wildman–Crippen MR) is 403 cm³/mol. The van der Waals surface area contributed by atoms with E-state index < -0.39 is 0 Å². The van der Waals surface area contributed by atoms with Crippen molar-refractivity contribution in [2.75, 3.05) is 76.0 Å². The van der Waals surface area contributed by atoms with Crippen LogP contribution >= 0.6 is 0 Å². The Hall–Kier alpha value is -9.16. The molecular formula is C80H120N8O4. The van der Waals surface area contributed by atoms with Crippen LogP contribution in [0.2, 0.25) is 0 Å². The van der Waals surface area contributed by atoms with Crippen molar-refractivity contribution >= 4 is 46.4 Å². The van der Waals surface area contributed by atoms with Gasteiger partial charge in [0.05, 0.1) is 0 Å². The molecule has 0 saturated carbocycles. The van der Waals surface area contributed by atoms with Crippen molar-refractivity contribution in [1.29, 1.82) is 0 Å². The number of anilines is 4. The lowest BCUT2D eigenvalue weighted by molar-refractivity contribution is -0.122. The summed E-state index contributed by atoms with van der Waals surface area (Å²) in [6, 6.07) is 77.5. The van der Waals surface area contributed by atoms with Crippen LogP contribution in [-0.2, 0) is 19.2 Å². The van der Waals surface area contributed by atoms with E-state index in [1.807, 2.05) is 401 Å². The molecule has 0 aromatic heterocycles. The van der Waals surface area contributed by atoms with Crippen molar-refractivity contribution in [3.63, 3.8) is 0 Å². The van der Waals surface area contributed by atoms with Crippen molar-refractivity contribution in [3.8, 4) is 0 Å². The van der Waals surface area contributed by atoms with Crippen LogP contribution in [0.3, 0.4) is 0 Å². The highest BCUT2D eigenvalue weighted by atomic mass is 16.2. The zero-order valence-corrected chi connectivity index (χ0v) is 60.8. The Kier molecular flexibility index (Phi) is 57.7. The van der Waals surface area contributed by atoms with E-state index in [2.05, 4.69) is 21.3 Å². The van der Waals surface area contributed by atoms with Crippen LogP contribution in [0.5, 0.6) is 0 Å². The molecule has 0 bridgehead atoms. The summed E-state index contributed by atoms with van der Waals surface area (Å²) >= 11 is 0. The largest absolute Gasteiger partial charge is 0.359 e. The molecule has 4 N–H and O–H groups in total. The van der Waals surface area contributed by atoms with Crippen molar-refractivity contribution < 1.29 is 19.2 Å². The van der Waals surface area contributed by atoms with Gasteiger partial charge in [-0.2, -0.15) is 0 Å². The highest BCUT2D eigenvalue weighted by molar-refractivity contribution is 5.88. The van der Waals surface area contributed by atoms with E-state index in [9.17, 15) is 19.2 Å². The number of carbonyl (C=O) groups is 4. The van der Waals surface area contributed by atoms with Gasteiger partial charge in [0.15, 0.2) is 0 Å². The van der Waals surface area contributed by atoms with Gasteiger partial charge >= 0.3 is 0 Å². The molecule has 0 aliphatic rings. The molecule has 0 spiro atoms. The monoisotopic (exact) mass is 1260 g/mol. The van der Waals surface area contributed by atoms with Gasteiger partial charge in [-0.3, -0.25) is 19.2 Å². The second kappa shape index (κ2) is 59.5. The molecule has 4 atom stereocenters. The minimum absolute atomic E-state index is 0.0162. The molecule has 4 unspecified atom stereocenters. The van der Waals surface area contributed by atoms with Gasteiger partial charge in [-0.1, -0.05) is 305 Å². The number of para-hydroxylation sites is 4. The number of benzene rings is 8. The number of nitrogens with one attached hydrogen (secondary N) is 4. The first kappa shape index (κ1) is 89.3. The fourth-order valence-electron chi connectivity index (χ4n) is 8.54. The highest BCUT2D eigenvalue weighted by Gasteiger charge is 2.27. The molecule has 12 heteroatoms. The van der Waals surface area contributed by atoms with Crippen LogP contribution in [0.15, 0.2) is 243 Å². The summed E-state index contributed by atoms with van der Waals surface area (Å²) in [7, 11) is 14.4. The van der Waals surface area contributed by atoms with E-state index in [1.165, 1.54) is 0 Å². The van der Waals surface area contributed by atoms with Gasteiger partial charge in [-0.05, 0) is 70.8 Å². The van der Waals surface area contributed by atoms with Crippen molar-refractivity contribution in [2.24, 2.45) is 0 Å². The van der Waals surface area contributed by atoms with E-state index in [4.69, 9.17) is 0 Å². The number of rotatable bonds is 16. The van der Waals surface area contributed by atoms with Crippen LogP contribution in [0.1, 0.15) is 157 Å². The molecule has 8 aromatic carbocycles. The van der Waals surface area contributed by atoms with Gasteiger partial charge in [0.1, 0.15) is 24.2 Å². The van der Waals surface area contributed by atoms with Crippen molar-refractivity contribution in [2.45, 2.75) is 135 Å². The SMILES string of the molecule is CC.CC.CC.CC.CC.CC.CC.CC.CNC(=O)C(c1ccccc1)N(C)c1ccccc1.CNC(=O)C(c1ccccc1)N(C)c1ccccc1.CNC(=O)C(c1ccccc1)N(C)c1ccccc1.CNC(=O)C(c1ccccc1)N(C)c1ccccc1. The smallest absolute Gasteiger partial charge is 0.247 e. The maximum absolute atomic E-state index is 12.2. The zero-order chi connectivity index (χ0) is 70.7. The normalized spacial score (nSPS) is 10.2. The van der Waals surface area contributed by atoms with Gasteiger partial charge in [-0.15, -0.1) is 0 Å². The Bertz CT molecular complexity index is 2510. The number of carbonyl (C=O) groups excluding carboxylic acids is 4. The molecule has 0 fully saturated rings. The van der Waals surface area contributed by atoms with Crippen molar-refractivity contribution in [1.82, 2.24) is 21.3 Å². The number of likely N-dealkylation sites (N-methyl/N-ethyl adjacent to an activating group) is 8. The summed E-state index contributed by atoms with van der Waals surface area (Å²) in [5.41, 5.74) is 7.97. The molecule has 0 heterocycles. The summed E-state index contributed by atoms with van der Waals surface area (Å²) in [6.45, 7) is 32.0. The van der Waals surface area contributed by atoms with Crippen LogP contribution in [0.25, 0.3) is 0 Å². The van der Waals surface area contributed by atoms with Crippen molar-refractivity contribution in [3.05, 3.63) is 265 Å². The molecule has 0 aliphatic carbocycles. The number of hydrogen-bond acceptors (Lipinski definition) is 8. The third-order valence-electron chi connectivity index (χ3n) is 12.6. The van der Waals surface area contributed by atoms with Crippen LogP contribution in [0.4, 0.5) is 22.7 Å². The average molecular weight is 1260 g/mol. The minimum Gasteiger partial charge on any atom is -0.359 e. The van der Waals surface area contributed by atoms with E-state index in [1.54, 1.807) is 28.2 Å². The Morgan fingerprint density at radius 3 is 0.435 bits per heavy atom. The predicted octanol–water partition coefficient (Wildman–Crippen LogP) is 18.6. The minimum atomic E-state index is -0.325. The van der Waals surface area contributed by atoms with Gasteiger partial charge in [0, 0.05) is 79.1 Å². The Morgan fingerprint density at radius 2 is 0.326 bits per heavy atom. The molecule has 504 valence electrons. The Labute approximate surface area is 559 Å². The number of amides is 4. The first-order valence-electron chi connectivity index (χ1n) is 33.1. The summed E-state index contributed by atoms with van der Waals surface area (Å²) in [5.74, 6) is -0.0646. The third-order valence-corrected chi connectivity index (χ3v) is 12.6. The topological polar surface area (TPSA) is 129 Å². The quantitative estimate of drug-likeness (QED) is 0.0753. The summed E-state index contributed by atoms with van der Waals surface area (Å²) in [5, 5.41) is 10.9. The molecule has 12 nitrogen and oxygen atoms in total. The molecule has 8 aromatic rings. The summed E-state index contributed by atoms with van der Waals surface area (Å²) in [4.78, 5) is 56.6. The molecule has 0 saturated heterocycles. The first-order chi connectivity index (χ1) is 44.9. The van der Waals surface area contributed by atoms with Crippen LogP contribution in [-0.4, -0.2) is 80.0 Å². The summed E-state index contributed by atoms with van der Waals surface area (Å²) in [6.07, 6.45) is 0. The molecule has 92 heavy (non-hydrogen) atoms. The number of nitrogens with zero attached hydrogens (tertiary/aromatic N) is 4. The molecular weight excluding hydrogens is 1140 g/mol. The van der Waals surface area contributed by atoms with Crippen LogP contribution < -0.4 is 40.9 Å². The lowest BCUT2D eigenvalue weighted by atomic mass is 10.0. The fraction of sp³-hybridized carbons (Fsp3) is 0.350. The molecule has 0 aliphatic heterocycles. The first-order valence-corrected chi connectivity index (χ1v) is 33.1. The second-order valence-corrected chi connectivity index (χ2v) is 17.5. The van der Waals surface area contributed by atoms with E-state index >= 15 is 0 Å². The van der Waals surface area contributed by atoms with Crippen LogP contribution in [0, 0.1) is 0 Å². The van der Waals surface area contributed by atoms with E-state index in [0.717, 1.165) is 45.0 Å². The van der Waals surface area contributed by atoms with Gasteiger partial charge in [0.25, 0.3) is 0 Å². The Balaban J connectivity index is -0.000000521. The third kappa shape index (κ3) is 32.0. The number of hydrogen-bond donors (Lipinski definition) is 4. The Morgan fingerprint density at radius 1 is 0.217 bits per heavy atom. The highest BCUT2D eigenvalue weighted by Crippen LogP contribution is 2.29. The molecule has 8 rings (SSSR count). The fourth-order valence-corrected chi connectivity index (χ4v) is 8.54. The second-order valence-electron chi connectivity index (χ2n) is 17.5. The lowest BCUT2D eigenvalue weighted by Crippen LogP contribution is -2.37. The average Bonchev–Trinajstić information content (AvgIpc) is 1.01. The van der Waals surface area contributed by atoms with E-state index in [-0.39, 0.29) is 47.8 Å². The van der Waals surface area contributed by atoms with Gasteiger partial charge in [0.2, 0.25) is 23.6 Å². The maximum Gasteiger partial charge on any atom is 0.247 e. The molecule has 0 radical (unpaired) electrons. The van der Waals surface area contributed by atoms with E-state index in [0.29, 0.717) is 0 Å². The standard InChI is InChI=1S/4C16H18N2O.8C2H6/c4*1-17-16(19)15(13-9-5-3-6-10-13)18(2)14-11-7-4-8-12-14;8*1-2/h4*3-12,15H,1-2H3,(H,17,19);8*1-2H3. The zero-order valence-electron chi connectivity index (χ0n) is 60.8. The lowest BCUT2D eigenvalue weighted by Gasteiger charge is -2.29.